The van der Waals surface area contributed by atoms with Crippen LogP contribution in [0.4, 0.5) is 11.4 Å². The molecule has 0 spiro atoms. The standard InChI is InChI=1S/C21H17N3O3S/c1-24-17-10-7-14(23-19(25)13-5-8-15(27-2)9-6-13)12-18(17)28-20-16(21(24)26)4-3-11-22-20/h3-12H,1-2H3,(H,23,25). The molecule has 0 saturated carbocycles. The maximum atomic E-state index is 12.7. The fourth-order valence-electron chi connectivity index (χ4n) is 2.93. The van der Waals surface area contributed by atoms with Crippen LogP contribution in [0.25, 0.3) is 0 Å². The molecule has 2 amide bonds. The number of nitrogens with zero attached hydrogens (tertiary/aromatic N) is 2. The molecule has 0 saturated heterocycles. The van der Waals surface area contributed by atoms with Gasteiger partial charge in [-0.15, -0.1) is 0 Å². The summed E-state index contributed by atoms with van der Waals surface area (Å²) in [6.07, 6.45) is 1.67. The molecule has 6 nitrogen and oxygen atoms in total. The van der Waals surface area contributed by atoms with E-state index in [9.17, 15) is 9.59 Å². The van der Waals surface area contributed by atoms with Crippen LogP contribution in [-0.4, -0.2) is 31.0 Å². The van der Waals surface area contributed by atoms with Gasteiger partial charge in [-0.25, -0.2) is 4.98 Å². The maximum Gasteiger partial charge on any atom is 0.260 e. The molecule has 0 atom stereocenters. The number of fused-ring (bicyclic) bond motifs is 2. The molecule has 2 aromatic carbocycles. The summed E-state index contributed by atoms with van der Waals surface area (Å²) in [6, 6.07) is 15.9. The second-order valence-corrected chi connectivity index (χ2v) is 7.22. The number of hydrogen-bond acceptors (Lipinski definition) is 5. The van der Waals surface area contributed by atoms with E-state index >= 15 is 0 Å². The number of ether oxygens (including phenoxy) is 1. The van der Waals surface area contributed by atoms with Crippen molar-refractivity contribution in [3.63, 3.8) is 0 Å². The Morgan fingerprint density at radius 1 is 1.14 bits per heavy atom. The molecule has 7 heteroatoms. The number of carbonyl (C=O) groups is 2. The van der Waals surface area contributed by atoms with Gasteiger partial charge in [0.1, 0.15) is 10.8 Å². The third-order valence-electron chi connectivity index (χ3n) is 4.44. The highest BCUT2D eigenvalue weighted by molar-refractivity contribution is 7.99. The van der Waals surface area contributed by atoms with Crippen molar-refractivity contribution in [3.05, 3.63) is 71.9 Å². The van der Waals surface area contributed by atoms with E-state index in [-0.39, 0.29) is 11.8 Å². The van der Waals surface area contributed by atoms with Gasteiger partial charge in [-0.05, 0) is 54.6 Å². The number of amides is 2. The lowest BCUT2D eigenvalue weighted by molar-refractivity contribution is 0.0987. The quantitative estimate of drug-likeness (QED) is 0.728. The summed E-state index contributed by atoms with van der Waals surface area (Å²) >= 11 is 1.41. The molecule has 4 rings (SSSR count). The van der Waals surface area contributed by atoms with E-state index in [2.05, 4.69) is 10.3 Å². The Balaban J connectivity index is 1.63. The molecular weight excluding hydrogens is 374 g/mol. The first kappa shape index (κ1) is 18.1. The van der Waals surface area contributed by atoms with Crippen LogP contribution < -0.4 is 15.0 Å². The van der Waals surface area contributed by atoms with E-state index in [0.29, 0.717) is 27.6 Å². The van der Waals surface area contributed by atoms with Crippen molar-refractivity contribution in [2.75, 3.05) is 24.4 Å². The second-order valence-electron chi connectivity index (χ2n) is 6.19. The molecule has 3 aromatic rings. The van der Waals surface area contributed by atoms with Crippen LogP contribution in [0.5, 0.6) is 5.75 Å². The van der Waals surface area contributed by atoms with Gasteiger partial charge in [-0.3, -0.25) is 9.59 Å². The predicted molar refractivity (Wildman–Crippen MR) is 108 cm³/mol. The summed E-state index contributed by atoms with van der Waals surface area (Å²) in [6.45, 7) is 0. The summed E-state index contributed by atoms with van der Waals surface area (Å²) in [5, 5.41) is 3.55. The number of methoxy groups -OCH3 is 1. The third kappa shape index (κ3) is 3.32. The van der Waals surface area contributed by atoms with Crippen LogP contribution in [0.3, 0.4) is 0 Å². The van der Waals surface area contributed by atoms with E-state index in [4.69, 9.17) is 4.74 Å². The van der Waals surface area contributed by atoms with E-state index < -0.39 is 0 Å². The second kappa shape index (κ2) is 7.36. The zero-order chi connectivity index (χ0) is 19.7. The van der Waals surface area contributed by atoms with Crippen molar-refractivity contribution in [3.8, 4) is 5.75 Å². The van der Waals surface area contributed by atoms with Crippen LogP contribution in [0.15, 0.2) is 70.7 Å². The van der Waals surface area contributed by atoms with Crippen LogP contribution >= 0.6 is 11.8 Å². The SMILES string of the molecule is COc1ccc(C(=O)Nc2ccc3c(c2)Sc2ncccc2C(=O)N3C)cc1. The first-order valence-electron chi connectivity index (χ1n) is 8.57. The van der Waals surface area contributed by atoms with Gasteiger partial charge >= 0.3 is 0 Å². The summed E-state index contributed by atoms with van der Waals surface area (Å²) in [4.78, 5) is 32.0. The molecule has 140 valence electrons. The number of pyridine rings is 1. The lowest BCUT2D eigenvalue weighted by Crippen LogP contribution is -2.26. The number of aromatic nitrogens is 1. The third-order valence-corrected chi connectivity index (χ3v) is 5.51. The smallest absolute Gasteiger partial charge is 0.260 e. The Morgan fingerprint density at radius 2 is 1.93 bits per heavy atom. The Labute approximate surface area is 166 Å². The molecule has 2 heterocycles. The number of carbonyl (C=O) groups excluding carboxylic acids is 2. The topological polar surface area (TPSA) is 71.5 Å². The fourth-order valence-corrected chi connectivity index (χ4v) is 4.01. The zero-order valence-electron chi connectivity index (χ0n) is 15.3. The van der Waals surface area contributed by atoms with Crippen LogP contribution in [0, 0.1) is 0 Å². The zero-order valence-corrected chi connectivity index (χ0v) is 16.1. The van der Waals surface area contributed by atoms with Crippen molar-refractivity contribution in [1.82, 2.24) is 4.98 Å². The van der Waals surface area contributed by atoms with Gasteiger partial charge in [0, 0.05) is 29.4 Å². The molecule has 0 bridgehead atoms. The number of hydrogen-bond donors (Lipinski definition) is 1. The number of nitrogens with one attached hydrogen (secondary N) is 1. The first-order chi connectivity index (χ1) is 13.6. The Kier molecular flexibility index (Phi) is 4.75. The largest absolute Gasteiger partial charge is 0.497 e. The van der Waals surface area contributed by atoms with E-state index in [1.807, 2.05) is 12.1 Å². The first-order valence-corrected chi connectivity index (χ1v) is 9.39. The van der Waals surface area contributed by atoms with Gasteiger partial charge in [0.05, 0.1) is 18.4 Å². The lowest BCUT2D eigenvalue weighted by Gasteiger charge is -2.18. The monoisotopic (exact) mass is 391 g/mol. The van der Waals surface area contributed by atoms with Crippen LogP contribution in [0.1, 0.15) is 20.7 Å². The minimum atomic E-state index is -0.218. The van der Waals surface area contributed by atoms with Crippen LogP contribution in [0.2, 0.25) is 0 Å². The van der Waals surface area contributed by atoms with E-state index in [1.165, 1.54) is 11.8 Å². The summed E-state index contributed by atoms with van der Waals surface area (Å²) in [5.74, 6) is 0.366. The van der Waals surface area contributed by atoms with Gasteiger partial charge in [-0.2, -0.15) is 0 Å². The lowest BCUT2D eigenvalue weighted by atomic mass is 10.2. The average molecular weight is 391 g/mol. The Morgan fingerprint density at radius 3 is 2.68 bits per heavy atom. The summed E-state index contributed by atoms with van der Waals surface area (Å²) in [5.41, 5.74) is 2.51. The molecule has 0 aliphatic carbocycles. The van der Waals surface area contributed by atoms with Crippen molar-refractivity contribution in [1.29, 1.82) is 0 Å². The van der Waals surface area contributed by atoms with Gasteiger partial charge in [0.25, 0.3) is 11.8 Å². The summed E-state index contributed by atoms with van der Waals surface area (Å²) < 4.78 is 5.12. The highest BCUT2D eigenvalue weighted by atomic mass is 32.2. The predicted octanol–water partition coefficient (Wildman–Crippen LogP) is 4.08. The minimum absolute atomic E-state index is 0.107. The highest BCUT2D eigenvalue weighted by Crippen LogP contribution is 2.41. The molecule has 1 aliphatic heterocycles. The van der Waals surface area contributed by atoms with Crippen molar-refractivity contribution < 1.29 is 14.3 Å². The maximum absolute atomic E-state index is 12.7. The van der Waals surface area contributed by atoms with Gasteiger partial charge < -0.3 is 15.0 Å². The molecule has 1 N–H and O–H groups in total. The Hall–Kier alpha value is -3.32. The van der Waals surface area contributed by atoms with Gasteiger partial charge in [-0.1, -0.05) is 11.8 Å². The van der Waals surface area contributed by atoms with Crippen molar-refractivity contribution in [2.24, 2.45) is 0 Å². The fraction of sp³-hybridized carbons (Fsp3) is 0.0952. The Bertz CT molecular complexity index is 1070. The number of anilines is 2. The minimum Gasteiger partial charge on any atom is -0.497 e. The molecular formula is C21H17N3O3S. The van der Waals surface area contributed by atoms with Crippen LogP contribution in [-0.2, 0) is 0 Å². The van der Waals surface area contributed by atoms with E-state index in [1.54, 1.807) is 67.7 Å². The molecule has 0 fully saturated rings. The van der Waals surface area contributed by atoms with Gasteiger partial charge in [0.15, 0.2) is 0 Å². The molecule has 1 aliphatic rings. The molecule has 0 radical (unpaired) electrons. The molecule has 28 heavy (non-hydrogen) atoms. The number of benzene rings is 2. The normalized spacial score (nSPS) is 12.6. The van der Waals surface area contributed by atoms with Crippen molar-refractivity contribution in [2.45, 2.75) is 9.92 Å². The molecule has 0 unspecified atom stereocenters. The van der Waals surface area contributed by atoms with E-state index in [0.717, 1.165) is 10.6 Å². The van der Waals surface area contributed by atoms with Crippen molar-refractivity contribution >= 4 is 35.0 Å². The molecule has 1 aromatic heterocycles. The number of rotatable bonds is 3. The highest BCUT2D eigenvalue weighted by Gasteiger charge is 2.25. The average Bonchev–Trinajstić information content (AvgIpc) is 2.83. The van der Waals surface area contributed by atoms with Gasteiger partial charge in [0.2, 0.25) is 0 Å². The summed E-state index contributed by atoms with van der Waals surface area (Å²) in [7, 11) is 3.32.